The van der Waals surface area contributed by atoms with Crippen molar-refractivity contribution >= 4 is 11.9 Å². The Kier molecular flexibility index (Phi) is 4.33. The zero-order valence-corrected chi connectivity index (χ0v) is 14.9. The lowest BCUT2D eigenvalue weighted by molar-refractivity contribution is -0.158. The third-order valence-electron chi connectivity index (χ3n) is 4.50. The Labute approximate surface area is 147 Å². The Balaban J connectivity index is 1.92. The van der Waals surface area contributed by atoms with Crippen molar-refractivity contribution in [2.24, 2.45) is 5.41 Å². The first kappa shape index (κ1) is 17.5. The summed E-state index contributed by atoms with van der Waals surface area (Å²) in [5.41, 5.74) is -0.757. The second-order valence-corrected chi connectivity index (χ2v) is 7.37. The molecule has 2 atom stereocenters. The largest absolute Gasteiger partial charge is 0.490 e. The van der Waals surface area contributed by atoms with Crippen LogP contribution in [0.15, 0.2) is 42.2 Å². The molecule has 1 aromatic rings. The number of hydrogen-bond acceptors (Lipinski definition) is 5. The fourth-order valence-electron chi connectivity index (χ4n) is 3.30. The average Bonchev–Trinajstić information content (AvgIpc) is 3.11. The van der Waals surface area contributed by atoms with E-state index in [4.69, 9.17) is 14.2 Å². The van der Waals surface area contributed by atoms with Gasteiger partial charge in [-0.15, -0.1) is 0 Å². The molecule has 2 aliphatic heterocycles. The monoisotopic (exact) mass is 345 g/mol. The minimum absolute atomic E-state index is 0.0218. The van der Waals surface area contributed by atoms with E-state index in [9.17, 15) is 9.59 Å². The van der Waals surface area contributed by atoms with Crippen LogP contribution >= 0.6 is 0 Å². The standard InChI is InChI=1S/C19H23NO5/c1-18(2,3)16-20-15(21)10-14(19(20,12-25-16)17(22)23-4)24-11-13-8-6-5-7-9-13/h5-10,16H,11-12H2,1-4H3/t16-,19-/m1/s1. The molecule has 0 spiro atoms. The van der Waals surface area contributed by atoms with Gasteiger partial charge in [-0.05, 0) is 5.56 Å². The van der Waals surface area contributed by atoms with Gasteiger partial charge in [0, 0.05) is 11.5 Å². The number of esters is 1. The topological polar surface area (TPSA) is 65.1 Å². The van der Waals surface area contributed by atoms with Crippen LogP contribution in [0.2, 0.25) is 0 Å². The first-order chi connectivity index (χ1) is 11.8. The number of benzene rings is 1. The van der Waals surface area contributed by atoms with Crippen molar-refractivity contribution in [2.75, 3.05) is 13.7 Å². The number of ether oxygens (including phenoxy) is 3. The Morgan fingerprint density at radius 2 is 2.00 bits per heavy atom. The molecule has 1 saturated heterocycles. The predicted octanol–water partition coefficient (Wildman–Crippen LogP) is 2.24. The quantitative estimate of drug-likeness (QED) is 0.783. The predicted molar refractivity (Wildman–Crippen MR) is 90.1 cm³/mol. The molecule has 0 saturated carbocycles. The van der Waals surface area contributed by atoms with Gasteiger partial charge in [0.05, 0.1) is 13.7 Å². The third-order valence-corrected chi connectivity index (χ3v) is 4.50. The van der Waals surface area contributed by atoms with Gasteiger partial charge in [-0.3, -0.25) is 9.69 Å². The Hall–Kier alpha value is -2.34. The summed E-state index contributed by atoms with van der Waals surface area (Å²) in [7, 11) is 1.30. The minimum atomic E-state index is -1.35. The molecule has 6 nitrogen and oxygen atoms in total. The molecule has 0 N–H and O–H groups in total. The van der Waals surface area contributed by atoms with E-state index in [2.05, 4.69) is 0 Å². The lowest BCUT2D eigenvalue weighted by atomic mass is 9.91. The molecule has 1 amide bonds. The maximum Gasteiger partial charge on any atom is 0.342 e. The molecule has 0 unspecified atom stereocenters. The van der Waals surface area contributed by atoms with Gasteiger partial charge in [0.25, 0.3) is 5.91 Å². The van der Waals surface area contributed by atoms with Crippen LogP contribution in [-0.2, 0) is 30.4 Å². The van der Waals surface area contributed by atoms with Gasteiger partial charge in [-0.25, -0.2) is 4.79 Å². The number of rotatable bonds is 4. The highest BCUT2D eigenvalue weighted by Crippen LogP contribution is 2.45. The molecular formula is C19H23NO5. The van der Waals surface area contributed by atoms with Gasteiger partial charge >= 0.3 is 5.97 Å². The van der Waals surface area contributed by atoms with Crippen molar-refractivity contribution in [1.82, 2.24) is 4.90 Å². The highest BCUT2D eigenvalue weighted by molar-refractivity contribution is 6.01. The van der Waals surface area contributed by atoms with Crippen molar-refractivity contribution in [3.8, 4) is 0 Å². The molecule has 0 aromatic heterocycles. The van der Waals surface area contributed by atoms with E-state index >= 15 is 0 Å². The number of nitrogens with zero attached hydrogens (tertiary/aromatic N) is 1. The van der Waals surface area contributed by atoms with Crippen molar-refractivity contribution < 1.29 is 23.8 Å². The van der Waals surface area contributed by atoms with Crippen LogP contribution in [0.25, 0.3) is 0 Å². The van der Waals surface area contributed by atoms with E-state index in [0.29, 0.717) is 0 Å². The van der Waals surface area contributed by atoms with E-state index in [-0.39, 0.29) is 30.3 Å². The smallest absolute Gasteiger partial charge is 0.342 e. The summed E-state index contributed by atoms with van der Waals surface area (Å²) in [4.78, 5) is 26.7. The van der Waals surface area contributed by atoms with Gasteiger partial charge in [0.1, 0.15) is 18.6 Å². The lowest BCUT2D eigenvalue weighted by Gasteiger charge is -2.37. The summed E-state index contributed by atoms with van der Waals surface area (Å²) in [5.74, 6) is -0.574. The first-order valence-electron chi connectivity index (χ1n) is 8.23. The van der Waals surface area contributed by atoms with E-state index in [1.165, 1.54) is 18.1 Å². The van der Waals surface area contributed by atoms with E-state index < -0.39 is 17.7 Å². The van der Waals surface area contributed by atoms with Crippen LogP contribution in [0.3, 0.4) is 0 Å². The zero-order valence-electron chi connectivity index (χ0n) is 14.9. The Bertz CT molecular complexity index is 706. The maximum absolute atomic E-state index is 12.6. The summed E-state index contributed by atoms with van der Waals surface area (Å²) < 4.78 is 16.7. The molecule has 2 aliphatic rings. The Morgan fingerprint density at radius 1 is 1.32 bits per heavy atom. The molecule has 0 bridgehead atoms. The molecule has 1 aromatic carbocycles. The average molecular weight is 345 g/mol. The highest BCUT2D eigenvalue weighted by atomic mass is 16.6. The van der Waals surface area contributed by atoms with Gasteiger partial charge in [0.15, 0.2) is 0 Å². The summed E-state index contributed by atoms with van der Waals surface area (Å²) in [6.07, 6.45) is 0.842. The van der Waals surface area contributed by atoms with Crippen LogP contribution in [0.5, 0.6) is 0 Å². The SMILES string of the molecule is COC(=O)[C@]12CO[C@H](C(C)(C)C)N1C(=O)C=C2OCc1ccccc1. The van der Waals surface area contributed by atoms with Crippen LogP contribution in [0, 0.1) is 5.41 Å². The van der Waals surface area contributed by atoms with Gasteiger partial charge < -0.3 is 14.2 Å². The molecule has 134 valence electrons. The molecule has 1 fully saturated rings. The number of carbonyl (C=O) groups is 2. The zero-order chi connectivity index (χ0) is 18.2. The Morgan fingerprint density at radius 3 is 2.60 bits per heavy atom. The second-order valence-electron chi connectivity index (χ2n) is 7.37. The molecule has 0 aliphatic carbocycles. The van der Waals surface area contributed by atoms with Crippen molar-refractivity contribution in [1.29, 1.82) is 0 Å². The van der Waals surface area contributed by atoms with Crippen LogP contribution in [0.1, 0.15) is 26.3 Å². The summed E-state index contributed by atoms with van der Waals surface area (Å²) in [6.45, 7) is 6.16. The first-order valence-corrected chi connectivity index (χ1v) is 8.23. The van der Waals surface area contributed by atoms with E-state index in [1.807, 2.05) is 51.1 Å². The number of carbonyl (C=O) groups excluding carboxylic acids is 2. The van der Waals surface area contributed by atoms with Gasteiger partial charge in [-0.1, -0.05) is 51.1 Å². The third kappa shape index (κ3) is 2.80. The summed E-state index contributed by atoms with van der Waals surface area (Å²) >= 11 is 0. The van der Waals surface area contributed by atoms with Crippen LogP contribution < -0.4 is 0 Å². The molecule has 0 radical (unpaired) electrons. The minimum Gasteiger partial charge on any atom is -0.490 e. The van der Waals surface area contributed by atoms with Gasteiger partial charge in [-0.2, -0.15) is 0 Å². The molecule has 25 heavy (non-hydrogen) atoms. The molecule has 6 heteroatoms. The molecule has 2 heterocycles. The second kappa shape index (κ2) is 6.19. The van der Waals surface area contributed by atoms with Crippen molar-refractivity contribution in [2.45, 2.75) is 39.1 Å². The van der Waals surface area contributed by atoms with Gasteiger partial charge in [0.2, 0.25) is 5.54 Å². The molecule has 3 rings (SSSR count). The van der Waals surface area contributed by atoms with E-state index in [0.717, 1.165) is 5.56 Å². The fraction of sp³-hybridized carbons (Fsp3) is 0.474. The fourth-order valence-corrected chi connectivity index (χ4v) is 3.30. The van der Waals surface area contributed by atoms with Crippen LogP contribution in [-0.4, -0.2) is 42.3 Å². The number of hydrogen-bond donors (Lipinski definition) is 0. The lowest BCUT2D eigenvalue weighted by Crippen LogP contribution is -2.57. The van der Waals surface area contributed by atoms with E-state index in [1.54, 1.807) is 0 Å². The highest BCUT2D eigenvalue weighted by Gasteiger charge is 2.64. The summed E-state index contributed by atoms with van der Waals surface area (Å²) in [6, 6.07) is 9.57. The maximum atomic E-state index is 12.6. The summed E-state index contributed by atoms with van der Waals surface area (Å²) in [5, 5.41) is 0. The number of methoxy groups -OCH3 is 1. The normalized spacial score (nSPS) is 25.6. The number of amides is 1. The van der Waals surface area contributed by atoms with Crippen LogP contribution in [0.4, 0.5) is 0 Å². The van der Waals surface area contributed by atoms with Crippen molar-refractivity contribution in [3.05, 3.63) is 47.7 Å². The van der Waals surface area contributed by atoms with Crippen molar-refractivity contribution in [3.63, 3.8) is 0 Å². The molecular weight excluding hydrogens is 322 g/mol. The number of fused-ring (bicyclic) bond motifs is 1.